The first kappa shape index (κ1) is 14.0. The lowest BCUT2D eigenvalue weighted by Gasteiger charge is -2.03. The molecule has 0 saturated carbocycles. The number of aromatic nitrogens is 1. The summed E-state index contributed by atoms with van der Waals surface area (Å²) in [6, 6.07) is 3.05. The Morgan fingerprint density at radius 1 is 1.22 bits per heavy atom. The molecule has 0 aliphatic heterocycles. The van der Waals surface area contributed by atoms with Gasteiger partial charge in [-0.3, -0.25) is 0 Å². The number of hydrogen-bond acceptors (Lipinski definition) is 4. The zero-order chi connectivity index (χ0) is 13.5. The Morgan fingerprint density at radius 2 is 1.89 bits per heavy atom. The van der Waals surface area contributed by atoms with Gasteiger partial charge in [-0.05, 0) is 12.1 Å². The third-order valence-electron chi connectivity index (χ3n) is 1.99. The molecule has 0 radical (unpaired) electrons. The average Bonchev–Trinajstić information content (AvgIpc) is 2.71. The molecule has 4 nitrogen and oxygen atoms in total. The standard InChI is InChI=1S/C9H5Cl3N2O2S2/c10-4-1-5(8(12)6(11)2-4)9-14-3-7(17-9)18(13,15)16/h1-3H,(H2,13,15,16). The van der Waals surface area contributed by atoms with E-state index in [4.69, 9.17) is 39.9 Å². The summed E-state index contributed by atoms with van der Waals surface area (Å²) in [5.74, 6) is 0. The Bertz CT molecular complexity index is 713. The zero-order valence-electron chi connectivity index (χ0n) is 8.52. The summed E-state index contributed by atoms with van der Waals surface area (Å²) in [4.78, 5) is 3.95. The summed E-state index contributed by atoms with van der Waals surface area (Å²) in [6.07, 6.45) is 1.17. The number of benzene rings is 1. The van der Waals surface area contributed by atoms with Crippen LogP contribution in [-0.2, 0) is 10.0 Å². The largest absolute Gasteiger partial charge is 0.249 e. The molecule has 1 aromatic carbocycles. The van der Waals surface area contributed by atoms with Crippen molar-refractivity contribution in [1.82, 2.24) is 4.98 Å². The number of nitrogens with two attached hydrogens (primary N) is 1. The van der Waals surface area contributed by atoms with Crippen molar-refractivity contribution in [2.75, 3.05) is 0 Å². The lowest BCUT2D eigenvalue weighted by molar-refractivity contribution is 0.599. The maximum atomic E-state index is 11.2. The predicted octanol–water partition coefficient (Wildman–Crippen LogP) is 3.42. The van der Waals surface area contributed by atoms with Crippen molar-refractivity contribution < 1.29 is 8.42 Å². The van der Waals surface area contributed by atoms with E-state index in [2.05, 4.69) is 4.98 Å². The van der Waals surface area contributed by atoms with Gasteiger partial charge in [0.05, 0.1) is 16.2 Å². The molecule has 1 aromatic heterocycles. The van der Waals surface area contributed by atoms with Crippen LogP contribution >= 0.6 is 46.1 Å². The summed E-state index contributed by atoms with van der Waals surface area (Å²) in [5, 5.41) is 6.30. The molecule has 18 heavy (non-hydrogen) atoms. The summed E-state index contributed by atoms with van der Waals surface area (Å²) in [5.41, 5.74) is 0.467. The Morgan fingerprint density at radius 3 is 2.44 bits per heavy atom. The van der Waals surface area contributed by atoms with E-state index in [1.54, 1.807) is 6.07 Å². The molecule has 2 aromatic rings. The average molecular weight is 344 g/mol. The van der Waals surface area contributed by atoms with Crippen molar-refractivity contribution in [1.29, 1.82) is 0 Å². The van der Waals surface area contributed by atoms with Crippen molar-refractivity contribution in [2.45, 2.75) is 4.21 Å². The lowest BCUT2D eigenvalue weighted by Crippen LogP contribution is -2.09. The van der Waals surface area contributed by atoms with Crippen LogP contribution in [-0.4, -0.2) is 13.4 Å². The van der Waals surface area contributed by atoms with Crippen molar-refractivity contribution in [3.63, 3.8) is 0 Å². The highest BCUT2D eigenvalue weighted by Crippen LogP contribution is 2.38. The number of thiazole rings is 1. The molecule has 96 valence electrons. The van der Waals surface area contributed by atoms with E-state index >= 15 is 0 Å². The molecule has 0 aliphatic rings. The highest BCUT2D eigenvalue weighted by atomic mass is 35.5. The predicted molar refractivity (Wildman–Crippen MR) is 74.0 cm³/mol. The molecule has 0 amide bonds. The first-order valence-electron chi connectivity index (χ1n) is 4.42. The van der Waals surface area contributed by atoms with Crippen LogP contribution in [0.5, 0.6) is 0 Å². The molecule has 0 spiro atoms. The Labute approximate surface area is 122 Å². The van der Waals surface area contributed by atoms with Crippen molar-refractivity contribution >= 4 is 56.2 Å². The van der Waals surface area contributed by atoms with Gasteiger partial charge in [-0.25, -0.2) is 18.5 Å². The van der Waals surface area contributed by atoms with E-state index in [0.717, 1.165) is 11.3 Å². The second-order valence-electron chi connectivity index (χ2n) is 3.28. The van der Waals surface area contributed by atoms with Gasteiger partial charge in [-0.15, -0.1) is 11.3 Å². The van der Waals surface area contributed by atoms with E-state index < -0.39 is 10.0 Å². The van der Waals surface area contributed by atoms with Crippen LogP contribution in [0.15, 0.2) is 22.5 Å². The van der Waals surface area contributed by atoms with Crippen LogP contribution in [0.4, 0.5) is 0 Å². The number of sulfonamides is 1. The fraction of sp³-hybridized carbons (Fsp3) is 0. The van der Waals surface area contributed by atoms with Crippen LogP contribution in [0.3, 0.4) is 0 Å². The third-order valence-corrected chi connectivity index (χ3v) is 5.45. The minimum Gasteiger partial charge on any atom is -0.243 e. The maximum absolute atomic E-state index is 11.2. The van der Waals surface area contributed by atoms with Crippen LogP contribution in [0.25, 0.3) is 10.6 Å². The number of nitrogens with zero attached hydrogens (tertiary/aromatic N) is 1. The maximum Gasteiger partial charge on any atom is 0.249 e. The van der Waals surface area contributed by atoms with E-state index in [0.29, 0.717) is 15.6 Å². The molecule has 0 bridgehead atoms. The van der Waals surface area contributed by atoms with Crippen LogP contribution < -0.4 is 5.14 Å². The molecule has 2 N–H and O–H groups in total. The SMILES string of the molecule is NS(=O)(=O)c1cnc(-c2cc(Cl)cc(Cl)c2Cl)s1. The van der Waals surface area contributed by atoms with E-state index in [1.807, 2.05) is 0 Å². The number of halogens is 3. The smallest absolute Gasteiger partial charge is 0.243 e. The lowest BCUT2D eigenvalue weighted by atomic mass is 10.2. The van der Waals surface area contributed by atoms with Gasteiger partial charge in [0, 0.05) is 10.6 Å². The van der Waals surface area contributed by atoms with Crippen molar-refractivity contribution in [3.05, 3.63) is 33.4 Å². The first-order chi connectivity index (χ1) is 8.29. The van der Waals surface area contributed by atoms with Crippen LogP contribution in [0.2, 0.25) is 15.1 Å². The van der Waals surface area contributed by atoms with E-state index in [1.165, 1.54) is 12.3 Å². The number of hydrogen-bond donors (Lipinski definition) is 1. The zero-order valence-corrected chi connectivity index (χ0v) is 12.4. The molecule has 1 heterocycles. The second kappa shape index (κ2) is 4.96. The van der Waals surface area contributed by atoms with E-state index in [-0.39, 0.29) is 14.3 Å². The van der Waals surface area contributed by atoms with Gasteiger partial charge >= 0.3 is 0 Å². The van der Waals surface area contributed by atoms with Gasteiger partial charge in [0.1, 0.15) is 5.01 Å². The quantitative estimate of drug-likeness (QED) is 0.849. The van der Waals surface area contributed by atoms with E-state index in [9.17, 15) is 8.42 Å². The highest BCUT2D eigenvalue weighted by Gasteiger charge is 2.17. The third kappa shape index (κ3) is 2.79. The summed E-state index contributed by atoms with van der Waals surface area (Å²) in [6.45, 7) is 0. The molecular weight excluding hydrogens is 339 g/mol. The minimum atomic E-state index is -3.78. The Kier molecular flexibility index (Phi) is 3.87. The van der Waals surface area contributed by atoms with Gasteiger partial charge < -0.3 is 0 Å². The Hall–Kier alpha value is -0.370. The summed E-state index contributed by atoms with van der Waals surface area (Å²) < 4.78 is 22.3. The summed E-state index contributed by atoms with van der Waals surface area (Å²) in [7, 11) is -3.78. The van der Waals surface area contributed by atoms with Gasteiger partial charge in [0.25, 0.3) is 0 Å². The molecule has 0 saturated heterocycles. The monoisotopic (exact) mass is 342 g/mol. The first-order valence-corrected chi connectivity index (χ1v) is 7.92. The number of primary sulfonamides is 1. The van der Waals surface area contributed by atoms with Crippen molar-refractivity contribution in [2.24, 2.45) is 5.14 Å². The molecule has 0 unspecified atom stereocenters. The Balaban J connectivity index is 2.60. The molecule has 0 atom stereocenters. The van der Waals surface area contributed by atoms with Gasteiger partial charge in [-0.1, -0.05) is 34.8 Å². The van der Waals surface area contributed by atoms with Gasteiger partial charge in [-0.2, -0.15) is 0 Å². The minimum absolute atomic E-state index is 0.0512. The highest BCUT2D eigenvalue weighted by molar-refractivity contribution is 7.91. The van der Waals surface area contributed by atoms with Crippen molar-refractivity contribution in [3.8, 4) is 10.6 Å². The number of rotatable bonds is 2. The molecule has 0 aliphatic carbocycles. The topological polar surface area (TPSA) is 73.1 Å². The molecule has 0 fully saturated rings. The fourth-order valence-corrected chi connectivity index (χ4v) is 3.55. The van der Waals surface area contributed by atoms with Crippen LogP contribution in [0.1, 0.15) is 0 Å². The molecule has 2 rings (SSSR count). The molecular formula is C9H5Cl3N2O2S2. The van der Waals surface area contributed by atoms with Gasteiger partial charge in [0.15, 0.2) is 4.21 Å². The second-order valence-corrected chi connectivity index (χ2v) is 7.32. The normalized spacial score (nSPS) is 11.8. The van der Waals surface area contributed by atoms with Gasteiger partial charge in [0.2, 0.25) is 10.0 Å². The molecule has 9 heteroatoms. The fourth-order valence-electron chi connectivity index (χ4n) is 1.23. The summed E-state index contributed by atoms with van der Waals surface area (Å²) >= 11 is 18.7. The van der Waals surface area contributed by atoms with Crippen LogP contribution in [0, 0.1) is 0 Å².